The number of halogens is 1. The molecule has 1 aliphatic heterocycles. The smallest absolute Gasteiger partial charge is 0.303 e. The molecule has 2 N–H and O–H groups in total. The summed E-state index contributed by atoms with van der Waals surface area (Å²) in [7, 11) is 0. The summed E-state index contributed by atoms with van der Waals surface area (Å²) < 4.78 is 13.0. The maximum Gasteiger partial charge on any atom is 0.303 e. The third kappa shape index (κ3) is 3.48. The number of carboxylic acids is 1. The van der Waals surface area contributed by atoms with Crippen LogP contribution in [0.2, 0.25) is 0 Å². The number of phenolic OH excluding ortho intramolecular Hbond substituents is 1. The van der Waals surface area contributed by atoms with Crippen LogP contribution in [-0.4, -0.2) is 34.2 Å². The molecule has 0 saturated carbocycles. The molecule has 1 saturated heterocycles. The lowest BCUT2D eigenvalue weighted by atomic mass is 9.92. The number of piperidine rings is 1. The number of likely N-dealkylation sites (tertiary alicyclic amines) is 1. The van der Waals surface area contributed by atoms with E-state index in [1.165, 1.54) is 6.07 Å². The SMILES string of the molecule is CC(c1ccc(F)cc1O)N1CCC(CC(=O)O)CC1. The number of benzene rings is 1. The molecule has 1 aliphatic rings. The summed E-state index contributed by atoms with van der Waals surface area (Å²) in [6.07, 6.45) is 1.92. The number of carboxylic acid groups (broad SMARTS) is 1. The zero-order valence-corrected chi connectivity index (χ0v) is 11.6. The molecule has 0 amide bonds. The second kappa shape index (κ2) is 6.22. The fourth-order valence-corrected chi connectivity index (χ4v) is 2.86. The second-order valence-electron chi connectivity index (χ2n) is 5.46. The number of rotatable bonds is 4. The highest BCUT2D eigenvalue weighted by Gasteiger charge is 2.26. The van der Waals surface area contributed by atoms with Crippen molar-refractivity contribution in [2.24, 2.45) is 5.92 Å². The van der Waals surface area contributed by atoms with Crippen molar-refractivity contribution in [1.82, 2.24) is 4.90 Å². The first-order valence-electron chi connectivity index (χ1n) is 6.91. The van der Waals surface area contributed by atoms with Crippen LogP contribution in [0.4, 0.5) is 4.39 Å². The summed E-state index contributed by atoms with van der Waals surface area (Å²) in [4.78, 5) is 12.9. The summed E-state index contributed by atoms with van der Waals surface area (Å²) in [5.74, 6) is -0.978. The van der Waals surface area contributed by atoms with E-state index in [0.717, 1.165) is 32.0 Å². The van der Waals surface area contributed by atoms with Crippen molar-refractivity contribution >= 4 is 5.97 Å². The molecule has 0 bridgehead atoms. The van der Waals surface area contributed by atoms with Gasteiger partial charge in [0, 0.05) is 24.1 Å². The van der Waals surface area contributed by atoms with Gasteiger partial charge in [0.05, 0.1) is 0 Å². The maximum atomic E-state index is 13.0. The Hall–Kier alpha value is -1.62. The Morgan fingerprint density at radius 3 is 2.65 bits per heavy atom. The Balaban J connectivity index is 1.97. The lowest BCUT2D eigenvalue weighted by molar-refractivity contribution is -0.138. The Bertz CT molecular complexity index is 484. The van der Waals surface area contributed by atoms with E-state index < -0.39 is 11.8 Å². The Labute approximate surface area is 117 Å². The molecule has 110 valence electrons. The molecule has 20 heavy (non-hydrogen) atoms. The van der Waals surface area contributed by atoms with Gasteiger partial charge in [-0.05, 0) is 44.8 Å². The van der Waals surface area contributed by atoms with Gasteiger partial charge in [-0.25, -0.2) is 4.39 Å². The van der Waals surface area contributed by atoms with Crippen molar-refractivity contribution < 1.29 is 19.4 Å². The molecule has 1 aromatic rings. The molecule has 1 heterocycles. The van der Waals surface area contributed by atoms with Gasteiger partial charge in [-0.15, -0.1) is 0 Å². The highest BCUT2D eigenvalue weighted by molar-refractivity contribution is 5.67. The maximum absolute atomic E-state index is 13.0. The number of hydrogen-bond acceptors (Lipinski definition) is 3. The number of aromatic hydroxyl groups is 1. The molecule has 0 aliphatic carbocycles. The Morgan fingerprint density at radius 1 is 1.45 bits per heavy atom. The van der Waals surface area contributed by atoms with Crippen LogP contribution in [-0.2, 0) is 4.79 Å². The summed E-state index contributed by atoms with van der Waals surface area (Å²) in [6, 6.07) is 4.09. The average Bonchev–Trinajstić information content (AvgIpc) is 2.38. The van der Waals surface area contributed by atoms with E-state index in [9.17, 15) is 14.3 Å². The van der Waals surface area contributed by atoms with Gasteiger partial charge in [-0.3, -0.25) is 9.69 Å². The van der Waals surface area contributed by atoms with Crippen LogP contribution in [0.25, 0.3) is 0 Å². The molecule has 5 heteroatoms. The molecule has 1 aromatic carbocycles. The molecule has 1 unspecified atom stereocenters. The van der Waals surface area contributed by atoms with E-state index >= 15 is 0 Å². The first-order valence-corrected chi connectivity index (χ1v) is 6.91. The largest absolute Gasteiger partial charge is 0.508 e. The third-order valence-corrected chi connectivity index (χ3v) is 4.10. The molecule has 2 rings (SSSR count). The zero-order chi connectivity index (χ0) is 14.7. The van der Waals surface area contributed by atoms with Crippen molar-refractivity contribution in [1.29, 1.82) is 0 Å². The molecule has 4 nitrogen and oxygen atoms in total. The van der Waals surface area contributed by atoms with E-state index in [4.69, 9.17) is 5.11 Å². The molecule has 1 atom stereocenters. The summed E-state index contributed by atoms with van der Waals surface area (Å²) in [5.41, 5.74) is 0.711. The predicted molar refractivity (Wildman–Crippen MR) is 73.0 cm³/mol. The fraction of sp³-hybridized carbons (Fsp3) is 0.533. The molecule has 0 radical (unpaired) electrons. The van der Waals surface area contributed by atoms with Gasteiger partial charge in [-0.1, -0.05) is 6.07 Å². The van der Waals surface area contributed by atoms with Crippen molar-refractivity contribution in [2.45, 2.75) is 32.2 Å². The zero-order valence-electron chi connectivity index (χ0n) is 11.6. The van der Waals surface area contributed by atoms with Gasteiger partial charge in [0.25, 0.3) is 0 Å². The second-order valence-corrected chi connectivity index (χ2v) is 5.46. The van der Waals surface area contributed by atoms with Crippen molar-refractivity contribution in [2.75, 3.05) is 13.1 Å². The number of aliphatic carboxylic acids is 1. The normalized spacial score (nSPS) is 18.9. The van der Waals surface area contributed by atoms with Crippen LogP contribution in [0.3, 0.4) is 0 Å². The monoisotopic (exact) mass is 281 g/mol. The summed E-state index contributed by atoms with van der Waals surface area (Å²) in [6.45, 7) is 3.58. The van der Waals surface area contributed by atoms with E-state index in [1.807, 2.05) is 6.92 Å². The number of hydrogen-bond donors (Lipinski definition) is 2. The van der Waals surface area contributed by atoms with Crippen LogP contribution < -0.4 is 0 Å². The summed E-state index contributed by atoms with van der Waals surface area (Å²) in [5, 5.41) is 18.6. The fourth-order valence-electron chi connectivity index (χ4n) is 2.86. The van der Waals surface area contributed by atoms with Crippen LogP contribution in [0.1, 0.15) is 37.8 Å². The minimum absolute atomic E-state index is 0.00128. The third-order valence-electron chi connectivity index (χ3n) is 4.10. The number of nitrogens with zero attached hydrogens (tertiary/aromatic N) is 1. The first kappa shape index (κ1) is 14.8. The molecular weight excluding hydrogens is 261 g/mol. The minimum atomic E-state index is -0.743. The highest BCUT2D eigenvalue weighted by atomic mass is 19.1. The lowest BCUT2D eigenvalue weighted by Gasteiger charge is -2.36. The van der Waals surface area contributed by atoms with Gasteiger partial charge in [0.15, 0.2) is 0 Å². The molecular formula is C15H20FNO3. The van der Waals surface area contributed by atoms with Gasteiger partial charge in [0.2, 0.25) is 0 Å². The van der Waals surface area contributed by atoms with Crippen molar-refractivity contribution in [3.8, 4) is 5.75 Å². The molecule has 1 fully saturated rings. The topological polar surface area (TPSA) is 60.8 Å². The Kier molecular flexibility index (Phi) is 4.60. The average molecular weight is 281 g/mol. The van der Waals surface area contributed by atoms with E-state index in [0.29, 0.717) is 5.56 Å². The molecule has 0 spiro atoms. The van der Waals surface area contributed by atoms with Crippen LogP contribution in [0.5, 0.6) is 5.75 Å². The minimum Gasteiger partial charge on any atom is -0.508 e. The van der Waals surface area contributed by atoms with Crippen LogP contribution in [0, 0.1) is 11.7 Å². The lowest BCUT2D eigenvalue weighted by Crippen LogP contribution is -2.36. The van der Waals surface area contributed by atoms with E-state index in [1.54, 1.807) is 6.07 Å². The predicted octanol–water partition coefficient (Wildman–Crippen LogP) is 2.78. The standard InChI is InChI=1S/C15H20FNO3/c1-10(13-3-2-12(16)9-14(13)18)17-6-4-11(5-7-17)8-15(19)20/h2-3,9-11,18H,4-8H2,1H3,(H,19,20). The van der Waals surface area contributed by atoms with E-state index in [-0.39, 0.29) is 24.1 Å². The van der Waals surface area contributed by atoms with Gasteiger partial charge in [0.1, 0.15) is 11.6 Å². The number of phenols is 1. The van der Waals surface area contributed by atoms with Crippen LogP contribution in [0.15, 0.2) is 18.2 Å². The number of carbonyl (C=O) groups is 1. The van der Waals surface area contributed by atoms with Gasteiger partial charge < -0.3 is 10.2 Å². The quantitative estimate of drug-likeness (QED) is 0.891. The van der Waals surface area contributed by atoms with Crippen LogP contribution >= 0.6 is 0 Å². The van der Waals surface area contributed by atoms with Crippen molar-refractivity contribution in [3.05, 3.63) is 29.6 Å². The van der Waals surface area contributed by atoms with E-state index in [2.05, 4.69) is 4.90 Å². The molecule has 0 aromatic heterocycles. The Morgan fingerprint density at radius 2 is 2.10 bits per heavy atom. The first-order chi connectivity index (χ1) is 9.47. The van der Waals surface area contributed by atoms with Crippen molar-refractivity contribution in [3.63, 3.8) is 0 Å². The highest BCUT2D eigenvalue weighted by Crippen LogP contribution is 2.32. The van der Waals surface area contributed by atoms with Gasteiger partial charge >= 0.3 is 5.97 Å². The summed E-state index contributed by atoms with van der Waals surface area (Å²) >= 11 is 0. The van der Waals surface area contributed by atoms with Gasteiger partial charge in [-0.2, -0.15) is 0 Å².